The van der Waals surface area contributed by atoms with Crippen molar-refractivity contribution < 1.29 is 0 Å². The summed E-state index contributed by atoms with van der Waals surface area (Å²) in [6, 6.07) is 8.33. The number of nitrogens with one attached hydrogen (secondary N) is 1. The van der Waals surface area contributed by atoms with Crippen LogP contribution in [-0.2, 0) is 0 Å². The molecule has 0 aliphatic carbocycles. The first-order valence-electron chi connectivity index (χ1n) is 6.52. The summed E-state index contributed by atoms with van der Waals surface area (Å²) in [4.78, 5) is 4.35. The van der Waals surface area contributed by atoms with E-state index < -0.39 is 0 Å². The molecule has 0 bridgehead atoms. The number of hydrogen-bond acceptors (Lipinski definition) is 3. The molecule has 0 radical (unpaired) electrons. The molecule has 0 saturated heterocycles. The van der Waals surface area contributed by atoms with E-state index in [1.165, 1.54) is 6.42 Å². The van der Waals surface area contributed by atoms with Crippen molar-refractivity contribution in [2.45, 2.75) is 33.2 Å². The molecule has 0 fully saturated rings. The molecule has 2 rings (SSSR count). The highest BCUT2D eigenvalue weighted by Gasteiger charge is 2.11. The minimum atomic E-state index is 0.443. The Balaban J connectivity index is 2.33. The summed E-state index contributed by atoms with van der Waals surface area (Å²) in [5.74, 6) is 0.641. The topological polar surface area (TPSA) is 50.9 Å². The molecular formula is C15H21N3. The average Bonchev–Trinajstić information content (AvgIpc) is 2.37. The summed E-state index contributed by atoms with van der Waals surface area (Å²) in [5, 5.41) is 4.70. The van der Waals surface area contributed by atoms with Gasteiger partial charge in [-0.05, 0) is 37.1 Å². The fourth-order valence-electron chi connectivity index (χ4n) is 2.03. The lowest BCUT2D eigenvalue weighted by molar-refractivity contribution is 0.495. The Morgan fingerprint density at radius 3 is 2.78 bits per heavy atom. The smallest absolute Gasteiger partial charge is 0.0743 e. The lowest BCUT2D eigenvalue weighted by Gasteiger charge is -2.22. The zero-order valence-electron chi connectivity index (χ0n) is 11.3. The van der Waals surface area contributed by atoms with Gasteiger partial charge in [0.25, 0.3) is 0 Å². The largest absolute Gasteiger partial charge is 0.399 e. The molecule has 3 nitrogen and oxygen atoms in total. The van der Waals surface area contributed by atoms with E-state index in [0.717, 1.165) is 22.3 Å². The molecule has 0 spiro atoms. The van der Waals surface area contributed by atoms with Crippen molar-refractivity contribution in [3.8, 4) is 0 Å². The third kappa shape index (κ3) is 2.55. The van der Waals surface area contributed by atoms with Crippen molar-refractivity contribution in [3.05, 3.63) is 30.5 Å². The number of fused-ring (bicyclic) bond motifs is 1. The SMILES string of the molecule is CCC(C)C(C)Nc1ccnc2cc(N)ccc12. The molecule has 0 amide bonds. The van der Waals surface area contributed by atoms with Gasteiger partial charge in [0.05, 0.1) is 5.52 Å². The predicted octanol–water partition coefficient (Wildman–Crippen LogP) is 3.66. The zero-order valence-corrected chi connectivity index (χ0v) is 11.3. The number of nitrogens with two attached hydrogens (primary N) is 1. The monoisotopic (exact) mass is 243 g/mol. The third-order valence-corrected chi connectivity index (χ3v) is 3.65. The molecule has 96 valence electrons. The second kappa shape index (κ2) is 5.25. The standard InChI is InChI=1S/C15H21N3/c1-4-10(2)11(3)18-14-7-8-17-15-9-12(16)5-6-13(14)15/h5-11H,4,16H2,1-3H3,(H,17,18). The van der Waals surface area contributed by atoms with Gasteiger partial charge < -0.3 is 11.1 Å². The van der Waals surface area contributed by atoms with Gasteiger partial charge in [0.2, 0.25) is 0 Å². The quantitative estimate of drug-likeness (QED) is 0.806. The Morgan fingerprint density at radius 2 is 2.06 bits per heavy atom. The van der Waals surface area contributed by atoms with Crippen LogP contribution in [0.1, 0.15) is 27.2 Å². The van der Waals surface area contributed by atoms with Crippen LogP contribution in [-0.4, -0.2) is 11.0 Å². The first kappa shape index (κ1) is 12.7. The van der Waals surface area contributed by atoms with Crippen LogP contribution in [0.2, 0.25) is 0 Å². The lowest BCUT2D eigenvalue weighted by atomic mass is 10.0. The minimum Gasteiger partial charge on any atom is -0.399 e. The van der Waals surface area contributed by atoms with Crippen LogP contribution in [0.4, 0.5) is 11.4 Å². The van der Waals surface area contributed by atoms with Crippen molar-refractivity contribution >= 4 is 22.3 Å². The Kier molecular flexibility index (Phi) is 3.70. The molecule has 1 aromatic carbocycles. The van der Waals surface area contributed by atoms with E-state index in [9.17, 15) is 0 Å². The van der Waals surface area contributed by atoms with Gasteiger partial charge in [-0.1, -0.05) is 20.3 Å². The van der Waals surface area contributed by atoms with Crippen molar-refractivity contribution in [3.63, 3.8) is 0 Å². The van der Waals surface area contributed by atoms with E-state index in [4.69, 9.17) is 5.73 Å². The van der Waals surface area contributed by atoms with Gasteiger partial charge in [0, 0.05) is 29.0 Å². The molecule has 3 N–H and O–H groups in total. The van der Waals surface area contributed by atoms with Gasteiger partial charge >= 0.3 is 0 Å². The molecule has 1 heterocycles. The number of nitrogens with zero attached hydrogens (tertiary/aromatic N) is 1. The van der Waals surface area contributed by atoms with E-state index in [0.29, 0.717) is 12.0 Å². The second-order valence-electron chi connectivity index (χ2n) is 4.95. The van der Waals surface area contributed by atoms with Gasteiger partial charge in [-0.3, -0.25) is 4.98 Å². The molecule has 0 aliphatic heterocycles. The molecule has 2 unspecified atom stereocenters. The van der Waals surface area contributed by atoms with Crippen LogP contribution in [0.15, 0.2) is 30.5 Å². The number of benzene rings is 1. The maximum absolute atomic E-state index is 5.78. The number of rotatable bonds is 4. The highest BCUT2D eigenvalue weighted by atomic mass is 14.9. The normalized spacial score (nSPS) is 14.4. The maximum Gasteiger partial charge on any atom is 0.0743 e. The molecule has 2 atom stereocenters. The van der Waals surface area contributed by atoms with Crippen LogP contribution in [0.25, 0.3) is 10.9 Å². The minimum absolute atomic E-state index is 0.443. The highest BCUT2D eigenvalue weighted by Crippen LogP contribution is 2.25. The molecule has 0 aliphatic rings. The van der Waals surface area contributed by atoms with Crippen LogP contribution in [0, 0.1) is 5.92 Å². The van der Waals surface area contributed by atoms with Crippen molar-refractivity contribution in [1.29, 1.82) is 0 Å². The summed E-state index contributed by atoms with van der Waals surface area (Å²) in [6.07, 6.45) is 3.00. The van der Waals surface area contributed by atoms with Crippen LogP contribution in [0.3, 0.4) is 0 Å². The summed E-state index contributed by atoms with van der Waals surface area (Å²) in [5.41, 5.74) is 8.61. The Bertz CT molecular complexity index is 536. The number of anilines is 2. The summed E-state index contributed by atoms with van der Waals surface area (Å²) < 4.78 is 0. The van der Waals surface area contributed by atoms with E-state index in [-0.39, 0.29) is 0 Å². The number of aromatic nitrogens is 1. The van der Waals surface area contributed by atoms with Crippen LogP contribution in [0.5, 0.6) is 0 Å². The molecule has 18 heavy (non-hydrogen) atoms. The summed E-state index contributed by atoms with van der Waals surface area (Å²) >= 11 is 0. The number of pyridine rings is 1. The number of nitrogen functional groups attached to an aromatic ring is 1. The molecule has 3 heteroatoms. The summed E-state index contributed by atoms with van der Waals surface area (Å²) in [7, 11) is 0. The van der Waals surface area contributed by atoms with Crippen molar-refractivity contribution in [2.24, 2.45) is 5.92 Å². The van der Waals surface area contributed by atoms with E-state index >= 15 is 0 Å². The van der Waals surface area contributed by atoms with Crippen molar-refractivity contribution in [1.82, 2.24) is 4.98 Å². The van der Waals surface area contributed by atoms with Crippen LogP contribution < -0.4 is 11.1 Å². The Labute approximate surface area is 108 Å². The van der Waals surface area contributed by atoms with Crippen LogP contribution >= 0.6 is 0 Å². The van der Waals surface area contributed by atoms with Crippen molar-refractivity contribution in [2.75, 3.05) is 11.1 Å². The summed E-state index contributed by atoms with van der Waals surface area (Å²) in [6.45, 7) is 6.70. The lowest BCUT2D eigenvalue weighted by Crippen LogP contribution is -2.23. The van der Waals surface area contributed by atoms with Gasteiger partial charge in [0.15, 0.2) is 0 Å². The fourth-order valence-corrected chi connectivity index (χ4v) is 2.03. The van der Waals surface area contributed by atoms with Gasteiger partial charge in [-0.25, -0.2) is 0 Å². The fraction of sp³-hybridized carbons (Fsp3) is 0.400. The molecule has 1 aromatic heterocycles. The second-order valence-corrected chi connectivity index (χ2v) is 4.95. The van der Waals surface area contributed by atoms with Gasteiger partial charge in [-0.2, -0.15) is 0 Å². The molecule has 0 saturated carbocycles. The number of hydrogen-bond donors (Lipinski definition) is 2. The Hall–Kier alpha value is -1.77. The third-order valence-electron chi connectivity index (χ3n) is 3.65. The zero-order chi connectivity index (χ0) is 13.1. The Morgan fingerprint density at radius 1 is 1.28 bits per heavy atom. The van der Waals surface area contributed by atoms with E-state index in [1.54, 1.807) is 0 Å². The maximum atomic E-state index is 5.78. The highest BCUT2D eigenvalue weighted by molar-refractivity contribution is 5.92. The molecule has 2 aromatic rings. The van der Waals surface area contributed by atoms with Gasteiger partial charge in [-0.15, -0.1) is 0 Å². The first-order valence-corrected chi connectivity index (χ1v) is 6.52. The average molecular weight is 243 g/mol. The predicted molar refractivity (Wildman–Crippen MR) is 78.7 cm³/mol. The van der Waals surface area contributed by atoms with Gasteiger partial charge in [0.1, 0.15) is 0 Å². The molecular weight excluding hydrogens is 222 g/mol. The van der Waals surface area contributed by atoms with E-state index in [1.807, 2.05) is 30.5 Å². The first-order chi connectivity index (χ1) is 8.61. The van der Waals surface area contributed by atoms with E-state index in [2.05, 4.69) is 31.1 Å².